The van der Waals surface area contributed by atoms with E-state index in [4.69, 9.17) is 0 Å². The summed E-state index contributed by atoms with van der Waals surface area (Å²) in [4.78, 5) is 19.7. The van der Waals surface area contributed by atoms with Crippen LogP contribution >= 0.6 is 35.7 Å². The first-order valence-corrected chi connectivity index (χ1v) is 11.5. The second kappa shape index (κ2) is 11.2. The molecule has 5 nitrogen and oxygen atoms in total. The summed E-state index contributed by atoms with van der Waals surface area (Å²) in [6.07, 6.45) is 4.10. The number of hydrogen-bond donors (Lipinski definition) is 2. The first-order valence-electron chi connectivity index (χ1n) is 10.7. The van der Waals surface area contributed by atoms with Crippen LogP contribution in [0.4, 0.5) is 0 Å². The number of hydrogen-bond acceptors (Lipinski definition) is 3. The van der Waals surface area contributed by atoms with Gasteiger partial charge in [0.15, 0.2) is 5.96 Å². The van der Waals surface area contributed by atoms with E-state index in [2.05, 4.69) is 64.2 Å². The highest BCUT2D eigenvalue weighted by molar-refractivity contribution is 14.0. The van der Waals surface area contributed by atoms with Crippen LogP contribution < -0.4 is 10.6 Å². The molecule has 1 amide bonds. The largest absolute Gasteiger partial charge is 0.355 e. The van der Waals surface area contributed by atoms with Crippen LogP contribution in [-0.4, -0.2) is 41.7 Å². The first-order chi connectivity index (χ1) is 14.7. The summed E-state index contributed by atoms with van der Waals surface area (Å²) in [5.74, 6) is 1.09. The van der Waals surface area contributed by atoms with Gasteiger partial charge in [-0.3, -0.25) is 9.79 Å². The van der Waals surface area contributed by atoms with Crippen LogP contribution in [0.15, 0.2) is 64.5 Å². The summed E-state index contributed by atoms with van der Waals surface area (Å²) < 4.78 is 0.271. The highest BCUT2D eigenvalue weighted by Crippen LogP contribution is 2.51. The number of likely N-dealkylation sites (tertiary alicyclic amines) is 1. The van der Waals surface area contributed by atoms with Gasteiger partial charge in [0.1, 0.15) is 0 Å². The normalized spacial score (nSPS) is 17.3. The Morgan fingerprint density at radius 2 is 1.77 bits per heavy atom. The minimum Gasteiger partial charge on any atom is -0.355 e. The van der Waals surface area contributed by atoms with E-state index < -0.39 is 0 Å². The Morgan fingerprint density at radius 1 is 1.06 bits per heavy atom. The van der Waals surface area contributed by atoms with Crippen molar-refractivity contribution in [2.24, 2.45) is 4.99 Å². The predicted octanol–water partition coefficient (Wildman–Crippen LogP) is 4.42. The topological polar surface area (TPSA) is 56.7 Å². The van der Waals surface area contributed by atoms with E-state index in [1.54, 1.807) is 0 Å². The zero-order valence-electron chi connectivity index (χ0n) is 18.0. The fourth-order valence-electron chi connectivity index (χ4n) is 3.80. The summed E-state index contributed by atoms with van der Waals surface area (Å²) in [5.41, 5.74) is 2.41. The zero-order chi connectivity index (χ0) is 20.8. The lowest BCUT2D eigenvalue weighted by Gasteiger charge is -2.20. The van der Waals surface area contributed by atoms with Gasteiger partial charge in [-0.1, -0.05) is 42.5 Å². The van der Waals surface area contributed by atoms with Crippen LogP contribution in [0.2, 0.25) is 0 Å². The van der Waals surface area contributed by atoms with E-state index in [0.29, 0.717) is 19.5 Å². The Balaban J connectivity index is 0.00000272. The Morgan fingerprint density at radius 3 is 2.42 bits per heavy atom. The molecule has 31 heavy (non-hydrogen) atoms. The van der Waals surface area contributed by atoms with Crippen molar-refractivity contribution in [2.45, 2.75) is 48.4 Å². The summed E-state index contributed by atoms with van der Waals surface area (Å²) >= 11 is 1.96. The van der Waals surface area contributed by atoms with Gasteiger partial charge in [0.25, 0.3) is 0 Å². The molecule has 2 aromatic rings. The van der Waals surface area contributed by atoms with Crippen LogP contribution in [0.3, 0.4) is 0 Å². The molecule has 7 heteroatoms. The molecule has 0 atom stereocenters. The molecule has 0 unspecified atom stereocenters. The molecule has 2 N–H and O–H groups in total. The van der Waals surface area contributed by atoms with Crippen LogP contribution in [0, 0.1) is 0 Å². The second-order valence-corrected chi connectivity index (χ2v) is 9.61. The van der Waals surface area contributed by atoms with Crippen molar-refractivity contribution in [1.29, 1.82) is 0 Å². The van der Waals surface area contributed by atoms with Crippen molar-refractivity contribution in [1.82, 2.24) is 15.5 Å². The maximum atomic E-state index is 12.0. The number of thioether (sulfide) groups is 1. The molecule has 2 fully saturated rings. The molecule has 2 aromatic carbocycles. The van der Waals surface area contributed by atoms with Gasteiger partial charge in [-0.25, -0.2) is 0 Å². The van der Waals surface area contributed by atoms with E-state index in [0.717, 1.165) is 25.5 Å². The molecule has 1 aliphatic carbocycles. The van der Waals surface area contributed by atoms with Crippen molar-refractivity contribution in [2.75, 3.05) is 20.1 Å². The molecule has 0 aromatic heterocycles. The lowest BCUT2D eigenvalue weighted by atomic mass is 10.1. The quantitative estimate of drug-likeness (QED) is 0.291. The smallest absolute Gasteiger partial charge is 0.222 e. The molecule has 1 aliphatic heterocycles. The van der Waals surface area contributed by atoms with Crippen LogP contribution in [-0.2, 0) is 17.9 Å². The number of amides is 1. The van der Waals surface area contributed by atoms with Gasteiger partial charge in [-0.05, 0) is 42.5 Å². The highest BCUT2D eigenvalue weighted by Gasteiger charge is 2.43. The van der Waals surface area contributed by atoms with Gasteiger partial charge < -0.3 is 15.5 Å². The second-order valence-electron chi connectivity index (χ2n) is 8.07. The monoisotopic (exact) mass is 550 g/mol. The number of rotatable bonds is 8. The first kappa shape index (κ1) is 23.9. The molecule has 1 saturated carbocycles. The number of carbonyl (C=O) groups is 1. The van der Waals surface area contributed by atoms with E-state index in [1.165, 1.54) is 28.9 Å². The van der Waals surface area contributed by atoms with Gasteiger partial charge in [0, 0.05) is 49.3 Å². The van der Waals surface area contributed by atoms with E-state index in [1.807, 2.05) is 29.8 Å². The highest BCUT2D eigenvalue weighted by atomic mass is 127. The van der Waals surface area contributed by atoms with E-state index in [-0.39, 0.29) is 34.6 Å². The van der Waals surface area contributed by atoms with Crippen molar-refractivity contribution in [3.05, 3.63) is 65.7 Å². The molecular formula is C24H31IN4OS. The van der Waals surface area contributed by atoms with Gasteiger partial charge in [-0.15, -0.1) is 35.7 Å². The number of halogens is 1. The van der Waals surface area contributed by atoms with Crippen molar-refractivity contribution in [3.8, 4) is 0 Å². The van der Waals surface area contributed by atoms with E-state index >= 15 is 0 Å². The lowest BCUT2D eigenvalue weighted by molar-refractivity contribution is -0.128. The zero-order valence-corrected chi connectivity index (χ0v) is 21.1. The van der Waals surface area contributed by atoms with Gasteiger partial charge in [0.05, 0.1) is 0 Å². The molecule has 4 rings (SSSR count). The number of carbonyl (C=O) groups excluding carboxylic acids is 1. The number of benzene rings is 2. The fraction of sp³-hybridized carbons (Fsp3) is 0.417. The SMILES string of the molecule is CN=C(NCc1ccccc1CN1CCCC1=O)NCC1(Sc2ccccc2)CC1.I. The van der Waals surface area contributed by atoms with Crippen LogP contribution in [0.25, 0.3) is 0 Å². The fourth-order valence-corrected chi connectivity index (χ4v) is 5.04. The third kappa shape index (κ3) is 6.62. The molecular weight excluding hydrogens is 519 g/mol. The summed E-state index contributed by atoms with van der Waals surface area (Å²) in [5, 5.41) is 6.97. The van der Waals surface area contributed by atoms with E-state index in [9.17, 15) is 4.79 Å². The van der Waals surface area contributed by atoms with Gasteiger partial charge >= 0.3 is 0 Å². The summed E-state index contributed by atoms with van der Waals surface area (Å²) in [7, 11) is 1.81. The van der Waals surface area contributed by atoms with Crippen molar-refractivity contribution < 1.29 is 4.79 Å². The summed E-state index contributed by atoms with van der Waals surface area (Å²) in [6.45, 7) is 3.15. The standard InChI is InChI=1S/C24H30N4OS.HI/c1-25-23(27-18-24(13-14-24)30-21-10-3-2-4-11-21)26-16-19-8-5-6-9-20(19)17-28-15-7-12-22(28)29;/h2-6,8-11H,7,12-18H2,1H3,(H2,25,26,27);1H. The predicted molar refractivity (Wildman–Crippen MR) is 139 cm³/mol. The molecule has 1 saturated heterocycles. The molecule has 0 spiro atoms. The molecule has 0 bridgehead atoms. The van der Waals surface area contributed by atoms with Crippen molar-refractivity contribution >= 4 is 47.6 Å². The number of aliphatic imine (C=N–C) groups is 1. The minimum absolute atomic E-state index is 0. The Labute approximate surface area is 206 Å². The lowest BCUT2D eigenvalue weighted by Crippen LogP contribution is -2.41. The van der Waals surface area contributed by atoms with Crippen molar-refractivity contribution in [3.63, 3.8) is 0 Å². The molecule has 166 valence electrons. The Hall–Kier alpha value is -1.74. The summed E-state index contributed by atoms with van der Waals surface area (Å²) in [6, 6.07) is 19.0. The van der Waals surface area contributed by atoms with Gasteiger partial charge in [-0.2, -0.15) is 0 Å². The third-order valence-corrected chi connectivity index (χ3v) is 7.28. The molecule has 2 aliphatic rings. The minimum atomic E-state index is 0. The molecule has 1 heterocycles. The Bertz CT molecular complexity index is 901. The third-order valence-electron chi connectivity index (χ3n) is 5.78. The number of nitrogens with one attached hydrogen (secondary N) is 2. The number of nitrogens with zero attached hydrogens (tertiary/aromatic N) is 2. The maximum absolute atomic E-state index is 12.0. The van der Waals surface area contributed by atoms with Gasteiger partial charge in [0.2, 0.25) is 5.91 Å². The maximum Gasteiger partial charge on any atom is 0.222 e. The van der Waals surface area contributed by atoms with Crippen LogP contribution in [0.5, 0.6) is 0 Å². The number of guanidine groups is 1. The average molecular weight is 551 g/mol. The Kier molecular flexibility index (Phi) is 8.66. The van der Waals surface area contributed by atoms with Crippen LogP contribution in [0.1, 0.15) is 36.8 Å². The molecule has 0 radical (unpaired) electrons. The average Bonchev–Trinajstić information content (AvgIpc) is 3.42.